The van der Waals surface area contributed by atoms with Gasteiger partial charge in [0.15, 0.2) is 6.61 Å². The summed E-state index contributed by atoms with van der Waals surface area (Å²) in [7, 11) is -3.62. The second kappa shape index (κ2) is 9.23. The van der Waals surface area contributed by atoms with Gasteiger partial charge in [-0.3, -0.25) is 4.79 Å². The van der Waals surface area contributed by atoms with E-state index in [9.17, 15) is 13.2 Å². The number of sulfonamides is 1. The first-order valence-electron chi connectivity index (χ1n) is 9.42. The van der Waals surface area contributed by atoms with Crippen LogP contribution in [0, 0.1) is 12.8 Å². The lowest BCUT2D eigenvalue weighted by Gasteiger charge is -2.31. The molecule has 2 aromatic rings. The van der Waals surface area contributed by atoms with Gasteiger partial charge in [0.2, 0.25) is 15.9 Å². The molecule has 1 fully saturated rings. The van der Waals surface area contributed by atoms with E-state index in [4.69, 9.17) is 15.2 Å². The van der Waals surface area contributed by atoms with Crippen LogP contribution in [0.25, 0.3) is 0 Å². The number of hydrogen-bond acceptors (Lipinski definition) is 6. The Bertz CT molecular complexity index is 947. The number of piperidine rings is 1. The Morgan fingerprint density at radius 2 is 1.97 bits per heavy atom. The van der Waals surface area contributed by atoms with E-state index in [1.54, 1.807) is 6.07 Å². The van der Waals surface area contributed by atoms with Crippen LogP contribution in [-0.2, 0) is 14.8 Å². The van der Waals surface area contributed by atoms with Crippen molar-refractivity contribution in [2.24, 2.45) is 11.7 Å². The normalized spacial score (nSPS) is 17.6. The van der Waals surface area contributed by atoms with Crippen LogP contribution in [0.5, 0.6) is 11.6 Å². The molecule has 29 heavy (non-hydrogen) atoms. The largest absolute Gasteiger partial charge is 0.484 e. The lowest BCUT2D eigenvalue weighted by molar-refractivity contribution is -0.119. The number of pyridine rings is 1. The van der Waals surface area contributed by atoms with Gasteiger partial charge in [-0.2, -0.15) is 4.31 Å². The van der Waals surface area contributed by atoms with Gasteiger partial charge in [-0.05, 0) is 50.1 Å². The molecule has 1 amide bonds. The molecule has 0 bridgehead atoms. The first kappa shape index (κ1) is 21.1. The van der Waals surface area contributed by atoms with Gasteiger partial charge in [-0.15, -0.1) is 0 Å². The van der Waals surface area contributed by atoms with E-state index < -0.39 is 15.9 Å². The second-order valence-corrected chi connectivity index (χ2v) is 8.96. The van der Waals surface area contributed by atoms with Crippen LogP contribution >= 0.6 is 0 Å². The van der Waals surface area contributed by atoms with Crippen molar-refractivity contribution in [3.8, 4) is 11.6 Å². The van der Waals surface area contributed by atoms with Crippen LogP contribution in [0.15, 0.2) is 47.4 Å². The fraction of sp³-hybridized carbons (Fsp3) is 0.400. The van der Waals surface area contributed by atoms with Gasteiger partial charge in [0.25, 0.3) is 5.91 Å². The zero-order chi connectivity index (χ0) is 20.9. The molecule has 1 saturated heterocycles. The van der Waals surface area contributed by atoms with Gasteiger partial charge in [0.05, 0.1) is 11.5 Å². The number of aromatic nitrogens is 1. The molecule has 0 aliphatic carbocycles. The lowest BCUT2D eigenvalue weighted by atomic mass is 10.0. The number of nitrogens with two attached hydrogens (primary N) is 1. The Morgan fingerprint density at radius 3 is 2.66 bits per heavy atom. The number of benzene rings is 1. The zero-order valence-corrected chi connectivity index (χ0v) is 17.1. The molecule has 9 heteroatoms. The van der Waals surface area contributed by atoms with E-state index in [1.807, 2.05) is 19.1 Å². The van der Waals surface area contributed by atoms with Crippen LogP contribution in [-0.4, -0.2) is 49.9 Å². The maximum absolute atomic E-state index is 13.0. The first-order valence-corrected chi connectivity index (χ1v) is 10.9. The summed E-state index contributed by atoms with van der Waals surface area (Å²) >= 11 is 0. The summed E-state index contributed by atoms with van der Waals surface area (Å²) in [6, 6.07) is 11.6. The fourth-order valence-electron chi connectivity index (χ4n) is 3.19. The highest BCUT2D eigenvalue weighted by Crippen LogP contribution is 2.25. The summed E-state index contributed by atoms with van der Waals surface area (Å²) in [5.41, 5.74) is 5.91. The molecule has 1 aromatic heterocycles. The quantitative estimate of drug-likeness (QED) is 0.697. The van der Waals surface area contributed by atoms with Crippen molar-refractivity contribution in [1.82, 2.24) is 9.29 Å². The average molecular weight is 420 g/mol. The number of amides is 1. The number of carbonyl (C=O) groups is 1. The highest BCUT2D eigenvalue weighted by atomic mass is 32.2. The molecule has 1 aromatic carbocycles. The third-order valence-corrected chi connectivity index (χ3v) is 6.53. The van der Waals surface area contributed by atoms with Gasteiger partial charge in [0, 0.05) is 30.8 Å². The Balaban J connectivity index is 1.61. The van der Waals surface area contributed by atoms with Crippen molar-refractivity contribution in [3.63, 3.8) is 0 Å². The van der Waals surface area contributed by atoms with Crippen LogP contribution in [0.4, 0.5) is 0 Å². The molecule has 1 aliphatic heterocycles. The molecular formula is C20H25N3O5S. The number of aryl methyl sites for hydroxylation is 1. The van der Waals surface area contributed by atoms with Crippen LogP contribution in [0.3, 0.4) is 0 Å². The van der Waals surface area contributed by atoms with E-state index in [0.717, 1.165) is 18.5 Å². The maximum Gasteiger partial charge on any atom is 0.255 e. The number of carbonyl (C=O) groups excluding carboxylic acids is 1. The number of rotatable bonds is 8. The minimum Gasteiger partial charge on any atom is -0.484 e. The van der Waals surface area contributed by atoms with Crippen molar-refractivity contribution in [2.75, 3.05) is 26.3 Å². The number of primary amides is 1. The van der Waals surface area contributed by atoms with Gasteiger partial charge in [0.1, 0.15) is 5.75 Å². The Labute approximate surface area is 170 Å². The third-order valence-electron chi connectivity index (χ3n) is 4.65. The summed E-state index contributed by atoms with van der Waals surface area (Å²) < 4.78 is 38.4. The first-order chi connectivity index (χ1) is 13.8. The van der Waals surface area contributed by atoms with E-state index in [-0.39, 0.29) is 17.4 Å². The van der Waals surface area contributed by atoms with Crippen molar-refractivity contribution < 1.29 is 22.7 Å². The van der Waals surface area contributed by atoms with Crippen LogP contribution < -0.4 is 15.2 Å². The highest BCUT2D eigenvalue weighted by Gasteiger charge is 2.30. The van der Waals surface area contributed by atoms with Crippen LogP contribution in [0.2, 0.25) is 0 Å². The molecule has 8 nitrogen and oxygen atoms in total. The number of hydrogen-bond donors (Lipinski definition) is 1. The summed E-state index contributed by atoms with van der Waals surface area (Å²) in [6.45, 7) is 2.93. The van der Waals surface area contributed by atoms with Gasteiger partial charge < -0.3 is 15.2 Å². The van der Waals surface area contributed by atoms with Crippen molar-refractivity contribution in [2.45, 2.75) is 24.7 Å². The Kier molecular flexibility index (Phi) is 6.71. The van der Waals surface area contributed by atoms with Crippen molar-refractivity contribution in [3.05, 3.63) is 48.2 Å². The smallest absolute Gasteiger partial charge is 0.255 e. The second-order valence-electron chi connectivity index (χ2n) is 7.03. The summed E-state index contributed by atoms with van der Waals surface area (Å²) in [5.74, 6) is 0.443. The predicted molar refractivity (Wildman–Crippen MR) is 107 cm³/mol. The monoisotopic (exact) mass is 419 g/mol. The van der Waals surface area contributed by atoms with E-state index in [2.05, 4.69) is 4.98 Å². The highest BCUT2D eigenvalue weighted by molar-refractivity contribution is 7.89. The molecule has 2 heterocycles. The van der Waals surface area contributed by atoms with Gasteiger partial charge in [-0.25, -0.2) is 13.4 Å². The number of ether oxygens (including phenoxy) is 2. The van der Waals surface area contributed by atoms with E-state index >= 15 is 0 Å². The van der Waals surface area contributed by atoms with E-state index in [1.165, 1.54) is 28.6 Å². The van der Waals surface area contributed by atoms with Crippen molar-refractivity contribution >= 4 is 15.9 Å². The minimum absolute atomic E-state index is 0.0963. The molecular weight excluding hydrogens is 394 g/mol. The minimum atomic E-state index is -3.62. The molecule has 1 unspecified atom stereocenters. The molecule has 1 aliphatic rings. The third kappa shape index (κ3) is 5.68. The predicted octanol–water partition coefficient (Wildman–Crippen LogP) is 1.73. The number of nitrogens with zero attached hydrogens (tertiary/aromatic N) is 2. The van der Waals surface area contributed by atoms with Crippen LogP contribution in [0.1, 0.15) is 18.5 Å². The van der Waals surface area contributed by atoms with Gasteiger partial charge >= 0.3 is 0 Å². The molecule has 0 spiro atoms. The fourth-order valence-corrected chi connectivity index (χ4v) is 4.75. The van der Waals surface area contributed by atoms with Gasteiger partial charge in [-0.1, -0.05) is 6.07 Å². The van der Waals surface area contributed by atoms with Crippen molar-refractivity contribution in [1.29, 1.82) is 0 Å². The molecule has 0 saturated carbocycles. The Morgan fingerprint density at radius 1 is 1.21 bits per heavy atom. The zero-order valence-electron chi connectivity index (χ0n) is 16.3. The average Bonchev–Trinajstić information content (AvgIpc) is 2.71. The summed E-state index contributed by atoms with van der Waals surface area (Å²) in [6.07, 6.45) is 1.67. The molecule has 156 valence electrons. The van der Waals surface area contributed by atoms with E-state index in [0.29, 0.717) is 31.3 Å². The molecule has 0 radical (unpaired) electrons. The standard InChI is InChI=1S/C20H25N3O5S/c1-15-4-2-6-20(22-15)28-13-16-5-3-11-23(12-16)29(25,26)18-9-7-17(8-10-18)27-14-19(21)24/h2,4,6-10,16H,3,5,11-14H2,1H3,(H2,21,24). The summed E-state index contributed by atoms with van der Waals surface area (Å²) in [4.78, 5) is 15.3. The SMILES string of the molecule is Cc1cccc(OCC2CCCN(S(=O)(=O)c3ccc(OCC(N)=O)cc3)C2)n1. The Hall–Kier alpha value is -2.65. The molecule has 1 atom stereocenters. The maximum atomic E-state index is 13.0. The lowest BCUT2D eigenvalue weighted by Crippen LogP contribution is -2.41. The molecule has 2 N–H and O–H groups in total. The molecule has 3 rings (SSSR count). The topological polar surface area (TPSA) is 112 Å². The summed E-state index contributed by atoms with van der Waals surface area (Å²) in [5, 5.41) is 0.